The molecule has 0 atom stereocenters. The maximum Gasteiger partial charge on any atom is 0.285 e. The molecule has 1 aromatic carbocycles. The molecule has 7 nitrogen and oxygen atoms in total. The largest absolute Gasteiger partial charge is 0.285 e. The van der Waals surface area contributed by atoms with Gasteiger partial charge < -0.3 is 0 Å². The van der Waals surface area contributed by atoms with Gasteiger partial charge in [-0.25, -0.2) is 4.39 Å². The molecule has 0 bridgehead atoms. The van der Waals surface area contributed by atoms with E-state index in [1.54, 1.807) is 12.3 Å². The molecule has 4 rings (SSSR count). The van der Waals surface area contributed by atoms with Gasteiger partial charge in [0.25, 0.3) is 11.3 Å². The van der Waals surface area contributed by atoms with Crippen LogP contribution in [0.1, 0.15) is 0 Å². The third-order valence-electron chi connectivity index (χ3n) is 3.45. The molecule has 0 fully saturated rings. The molecule has 0 N–H and O–H groups in total. The van der Waals surface area contributed by atoms with E-state index in [9.17, 15) is 9.18 Å². The number of hydrogen-bond donors (Lipinski definition) is 0. The maximum absolute atomic E-state index is 13.3. The van der Waals surface area contributed by atoms with Crippen LogP contribution in [-0.2, 0) is 0 Å². The second-order valence-corrected chi connectivity index (χ2v) is 6.01. The van der Waals surface area contributed by atoms with Gasteiger partial charge in [-0.1, -0.05) is 23.4 Å². The highest BCUT2D eigenvalue weighted by Crippen LogP contribution is 2.19. The number of nitrogens with zero attached hydrogens (tertiary/aromatic N) is 6. The van der Waals surface area contributed by atoms with E-state index in [-0.39, 0.29) is 10.5 Å². The fourth-order valence-electron chi connectivity index (χ4n) is 2.31. The van der Waals surface area contributed by atoms with Gasteiger partial charge in [0.05, 0.1) is 10.7 Å². The Kier molecular flexibility index (Phi) is 3.47. The number of fused-ring (bicyclic) bond motifs is 3. The summed E-state index contributed by atoms with van der Waals surface area (Å²) in [5.74, 6) is -0.239. The van der Waals surface area contributed by atoms with Crippen LogP contribution in [0, 0.1) is 5.82 Å². The number of thioether (sulfide) groups is 1. The molecule has 0 aliphatic carbocycles. The zero-order valence-electron chi connectivity index (χ0n) is 12.1. The molecular weight excluding hydrogens is 355 g/mol. The fraction of sp³-hybridized carbons (Fsp3) is 0.0714. The lowest BCUT2D eigenvalue weighted by Gasteiger charge is -2.07. The Morgan fingerprint density at radius 1 is 1.25 bits per heavy atom. The van der Waals surface area contributed by atoms with Crippen LogP contribution < -0.4 is 5.56 Å². The van der Waals surface area contributed by atoms with Gasteiger partial charge in [0.15, 0.2) is 5.52 Å². The highest BCUT2D eigenvalue weighted by Gasteiger charge is 2.13. The minimum Gasteiger partial charge on any atom is -0.282 e. The van der Waals surface area contributed by atoms with Crippen molar-refractivity contribution < 1.29 is 4.39 Å². The van der Waals surface area contributed by atoms with Gasteiger partial charge in [-0.3, -0.25) is 9.36 Å². The lowest BCUT2D eigenvalue weighted by atomic mass is 10.3. The molecule has 3 heterocycles. The second kappa shape index (κ2) is 5.53. The highest BCUT2D eigenvalue weighted by molar-refractivity contribution is 7.98. The average molecular weight is 363 g/mol. The second-order valence-electron chi connectivity index (χ2n) is 4.83. The molecule has 24 heavy (non-hydrogen) atoms. The van der Waals surface area contributed by atoms with Crippen LogP contribution in [0.2, 0.25) is 5.02 Å². The van der Waals surface area contributed by atoms with Gasteiger partial charge in [-0.05, 0) is 30.5 Å². The Bertz CT molecular complexity index is 1160. The van der Waals surface area contributed by atoms with Gasteiger partial charge in [-0.15, -0.1) is 15.3 Å². The molecule has 0 saturated heterocycles. The number of hydrogen-bond acceptors (Lipinski definition) is 6. The molecule has 10 heteroatoms. The molecule has 0 amide bonds. The third-order valence-corrected chi connectivity index (χ3v) is 4.28. The van der Waals surface area contributed by atoms with Crippen LogP contribution in [0.25, 0.3) is 22.5 Å². The summed E-state index contributed by atoms with van der Waals surface area (Å²) < 4.78 is 16.1. The summed E-state index contributed by atoms with van der Waals surface area (Å²) in [6.07, 6.45) is 3.39. The van der Waals surface area contributed by atoms with Gasteiger partial charge in [0.1, 0.15) is 11.3 Å². The average Bonchev–Trinajstić information content (AvgIpc) is 3.01. The topological polar surface area (TPSA) is 78.0 Å². The van der Waals surface area contributed by atoms with Crippen molar-refractivity contribution in [2.24, 2.45) is 0 Å². The van der Waals surface area contributed by atoms with Crippen LogP contribution in [0.4, 0.5) is 4.39 Å². The first-order chi connectivity index (χ1) is 11.6. The first-order valence-corrected chi connectivity index (χ1v) is 8.33. The summed E-state index contributed by atoms with van der Waals surface area (Å²) in [5, 5.41) is 12.6. The molecule has 0 spiro atoms. The van der Waals surface area contributed by atoms with E-state index >= 15 is 0 Å². The first kappa shape index (κ1) is 15.0. The molecular formula is C14H8ClFN6OS. The Hall–Kier alpha value is -2.52. The van der Waals surface area contributed by atoms with Gasteiger partial charge in [0, 0.05) is 6.20 Å². The van der Waals surface area contributed by atoms with Crippen LogP contribution in [0.5, 0.6) is 0 Å². The van der Waals surface area contributed by atoms with E-state index < -0.39 is 11.4 Å². The fourth-order valence-corrected chi connectivity index (χ4v) is 2.82. The van der Waals surface area contributed by atoms with Crippen molar-refractivity contribution in [3.63, 3.8) is 0 Å². The molecule has 0 aliphatic rings. The van der Waals surface area contributed by atoms with Crippen LogP contribution in [0.3, 0.4) is 0 Å². The number of pyridine rings is 1. The summed E-state index contributed by atoms with van der Waals surface area (Å²) in [5.41, 5.74) is 0.634. The molecule has 0 aliphatic heterocycles. The third kappa shape index (κ3) is 2.24. The minimum atomic E-state index is -0.553. The minimum absolute atomic E-state index is 0.0677. The Morgan fingerprint density at radius 3 is 2.83 bits per heavy atom. The van der Waals surface area contributed by atoms with Crippen molar-refractivity contribution in [2.75, 3.05) is 6.26 Å². The predicted octanol–water partition coefficient (Wildman–Crippen LogP) is 2.34. The molecule has 0 radical (unpaired) electrons. The number of benzene rings is 1. The van der Waals surface area contributed by atoms with E-state index in [4.69, 9.17) is 11.6 Å². The van der Waals surface area contributed by atoms with Crippen molar-refractivity contribution >= 4 is 40.2 Å². The quantitative estimate of drug-likeness (QED) is 0.509. The molecule has 0 saturated carbocycles. The van der Waals surface area contributed by atoms with E-state index in [0.717, 1.165) is 0 Å². The summed E-state index contributed by atoms with van der Waals surface area (Å²) in [6, 6.07) is 5.71. The first-order valence-electron chi connectivity index (χ1n) is 6.73. The summed E-state index contributed by atoms with van der Waals surface area (Å²) >= 11 is 7.15. The molecule has 120 valence electrons. The van der Waals surface area contributed by atoms with Gasteiger partial charge in [0.2, 0.25) is 5.16 Å². The smallest absolute Gasteiger partial charge is 0.282 e. The van der Waals surface area contributed by atoms with Gasteiger partial charge in [-0.2, -0.15) is 9.50 Å². The van der Waals surface area contributed by atoms with Crippen LogP contribution in [0.15, 0.2) is 40.4 Å². The zero-order valence-corrected chi connectivity index (χ0v) is 13.7. The van der Waals surface area contributed by atoms with E-state index in [2.05, 4.69) is 20.3 Å². The van der Waals surface area contributed by atoms with Crippen molar-refractivity contribution in [3.05, 3.63) is 51.7 Å². The Balaban J connectivity index is 1.99. The molecule has 3 aromatic heterocycles. The lowest BCUT2D eigenvalue weighted by Crippen LogP contribution is -2.20. The van der Waals surface area contributed by atoms with Gasteiger partial charge >= 0.3 is 0 Å². The number of halogens is 2. The van der Waals surface area contributed by atoms with Crippen molar-refractivity contribution in [2.45, 2.75) is 5.16 Å². The maximum atomic E-state index is 13.3. The van der Waals surface area contributed by atoms with Crippen LogP contribution in [-0.4, -0.2) is 35.6 Å². The lowest BCUT2D eigenvalue weighted by molar-refractivity contribution is 0.627. The summed E-state index contributed by atoms with van der Waals surface area (Å²) in [6.45, 7) is 0. The van der Waals surface area contributed by atoms with E-state index in [0.29, 0.717) is 22.1 Å². The normalized spacial score (nSPS) is 11.5. The van der Waals surface area contributed by atoms with Crippen LogP contribution >= 0.6 is 23.4 Å². The molecule has 0 unspecified atom stereocenters. The monoisotopic (exact) mass is 362 g/mol. The predicted molar refractivity (Wildman–Crippen MR) is 88.4 cm³/mol. The number of rotatable bonds is 2. The summed E-state index contributed by atoms with van der Waals surface area (Å²) in [4.78, 5) is 16.9. The Labute approximate surface area is 143 Å². The Morgan fingerprint density at radius 2 is 2.08 bits per heavy atom. The van der Waals surface area contributed by atoms with E-state index in [1.165, 1.54) is 39.0 Å². The highest BCUT2D eigenvalue weighted by atomic mass is 35.5. The molecule has 4 aromatic rings. The standard InChI is InChI=1S/C14H8ClFN6OS/c1-24-14-17-13-19-18-11-10(22(13)20-14)4-5-21(12(11)23)7-2-3-9(16)8(15)6-7/h2-6H,1H3. The number of aromatic nitrogens is 6. The zero-order chi connectivity index (χ0) is 16.8. The summed E-state index contributed by atoms with van der Waals surface area (Å²) in [7, 11) is 0. The van der Waals surface area contributed by atoms with E-state index in [1.807, 2.05) is 6.26 Å². The van der Waals surface area contributed by atoms with Crippen molar-refractivity contribution in [3.8, 4) is 5.69 Å². The van der Waals surface area contributed by atoms with Crippen molar-refractivity contribution in [1.82, 2.24) is 29.4 Å². The SMILES string of the molecule is CSc1nc2nnc3c(=O)n(-c4ccc(F)c(Cl)c4)ccc3n2n1. The van der Waals surface area contributed by atoms with Crippen molar-refractivity contribution in [1.29, 1.82) is 0 Å².